The van der Waals surface area contributed by atoms with Crippen LogP contribution in [0.1, 0.15) is 12.7 Å². The van der Waals surface area contributed by atoms with Crippen LogP contribution in [-0.2, 0) is 11.8 Å². The van der Waals surface area contributed by atoms with E-state index in [1.54, 1.807) is 0 Å². The molecule has 1 unspecified atom stereocenters. The maximum Gasteiger partial charge on any atom is 0.237 e. The van der Waals surface area contributed by atoms with Gasteiger partial charge in [0.25, 0.3) is 0 Å². The number of aromatic nitrogens is 3. The van der Waals surface area contributed by atoms with E-state index in [0.717, 1.165) is 11.0 Å². The first-order valence-electron chi connectivity index (χ1n) is 4.55. The molecule has 7 heteroatoms. The van der Waals surface area contributed by atoms with E-state index >= 15 is 0 Å². The van der Waals surface area contributed by atoms with Crippen LogP contribution in [-0.4, -0.2) is 26.4 Å². The zero-order chi connectivity index (χ0) is 11.4. The number of aryl methyl sites for hydroxylation is 1. The van der Waals surface area contributed by atoms with Crippen LogP contribution in [0.5, 0.6) is 0 Å². The van der Waals surface area contributed by atoms with E-state index in [1.807, 2.05) is 25.5 Å². The first kappa shape index (κ1) is 12.0. The van der Waals surface area contributed by atoms with Crippen LogP contribution in [0.2, 0.25) is 0 Å². The fourth-order valence-electron chi connectivity index (χ4n) is 0.931. The lowest BCUT2D eigenvalue weighted by Crippen LogP contribution is -2.35. The summed E-state index contributed by atoms with van der Waals surface area (Å²) in [5, 5.41) is 8.72. The second-order valence-electron chi connectivity index (χ2n) is 3.31. The lowest BCUT2D eigenvalue weighted by molar-refractivity contribution is -0.123. The fraction of sp³-hybridized carbons (Fsp3) is 0.625. The van der Waals surface area contributed by atoms with Gasteiger partial charge in [0.15, 0.2) is 5.16 Å². The summed E-state index contributed by atoms with van der Waals surface area (Å²) in [5.74, 6) is 6.22. The highest BCUT2D eigenvalue weighted by Crippen LogP contribution is 2.18. The van der Waals surface area contributed by atoms with Gasteiger partial charge in [-0.05, 0) is 6.92 Å². The molecule has 15 heavy (non-hydrogen) atoms. The van der Waals surface area contributed by atoms with Gasteiger partial charge < -0.3 is 4.57 Å². The van der Waals surface area contributed by atoms with Crippen molar-refractivity contribution in [3.63, 3.8) is 0 Å². The molecule has 84 valence electrons. The van der Waals surface area contributed by atoms with Gasteiger partial charge in [-0.2, -0.15) is 0 Å². The van der Waals surface area contributed by atoms with Crippen molar-refractivity contribution in [1.29, 1.82) is 0 Å². The summed E-state index contributed by atoms with van der Waals surface area (Å²) in [6.07, 6.45) is 0. The molecule has 6 nitrogen and oxygen atoms in total. The minimum absolute atomic E-state index is 0.142. The molecule has 0 radical (unpaired) electrons. The number of nitrogens with zero attached hydrogens (tertiary/aromatic N) is 3. The Morgan fingerprint density at radius 3 is 2.80 bits per heavy atom. The van der Waals surface area contributed by atoms with E-state index in [1.165, 1.54) is 11.8 Å². The van der Waals surface area contributed by atoms with Gasteiger partial charge in [0.2, 0.25) is 5.91 Å². The van der Waals surface area contributed by atoms with Crippen molar-refractivity contribution >= 4 is 17.7 Å². The van der Waals surface area contributed by atoms with Crippen LogP contribution in [0.25, 0.3) is 0 Å². The van der Waals surface area contributed by atoms with Crippen molar-refractivity contribution < 1.29 is 4.79 Å². The number of nitrogens with two attached hydrogens (primary N) is 1. The van der Waals surface area contributed by atoms with Crippen LogP contribution >= 0.6 is 11.8 Å². The minimum atomic E-state index is -0.165. The molecule has 0 bridgehead atoms. The fourth-order valence-corrected chi connectivity index (χ4v) is 1.91. The predicted octanol–water partition coefficient (Wildman–Crippen LogP) is -0.158. The average Bonchev–Trinajstić information content (AvgIpc) is 2.55. The van der Waals surface area contributed by atoms with Gasteiger partial charge in [0, 0.05) is 18.7 Å². The van der Waals surface area contributed by atoms with Gasteiger partial charge in [-0.15, -0.1) is 10.2 Å². The number of nitrogens with one attached hydrogen (secondary N) is 1. The Kier molecular flexibility index (Phi) is 4.10. The molecular weight excluding hydrogens is 214 g/mol. The summed E-state index contributed by atoms with van der Waals surface area (Å²) in [5.41, 5.74) is 2.13. The topological polar surface area (TPSA) is 85.8 Å². The number of hydrogen-bond acceptors (Lipinski definition) is 5. The standard InChI is InChI=1S/C8H15N5OS/c1-5(7(14)10-9)4-15-8-12-11-6(2)13(8)3/h5H,4,9H2,1-3H3,(H,10,14). The van der Waals surface area contributed by atoms with Crippen LogP contribution in [0.4, 0.5) is 0 Å². The molecule has 1 atom stereocenters. The number of amides is 1. The second-order valence-corrected chi connectivity index (χ2v) is 4.30. The summed E-state index contributed by atoms with van der Waals surface area (Å²) in [4.78, 5) is 11.1. The third kappa shape index (κ3) is 2.93. The Balaban J connectivity index is 2.50. The number of carbonyl (C=O) groups excluding carboxylic acids is 1. The molecule has 0 saturated heterocycles. The summed E-state index contributed by atoms with van der Waals surface area (Å²) in [6, 6.07) is 0. The maximum atomic E-state index is 11.1. The van der Waals surface area contributed by atoms with Gasteiger partial charge >= 0.3 is 0 Å². The van der Waals surface area contributed by atoms with Crippen molar-refractivity contribution in [3.05, 3.63) is 5.82 Å². The smallest absolute Gasteiger partial charge is 0.237 e. The third-order valence-corrected chi connectivity index (χ3v) is 3.39. The number of hydrazine groups is 1. The Labute approximate surface area is 92.6 Å². The Hall–Kier alpha value is -1.08. The lowest BCUT2D eigenvalue weighted by atomic mass is 10.2. The van der Waals surface area contributed by atoms with Crippen LogP contribution < -0.4 is 11.3 Å². The Morgan fingerprint density at radius 2 is 2.33 bits per heavy atom. The summed E-state index contributed by atoms with van der Waals surface area (Å²) in [7, 11) is 1.89. The molecule has 1 aromatic rings. The van der Waals surface area contributed by atoms with Crippen molar-refractivity contribution in [2.24, 2.45) is 18.8 Å². The highest BCUT2D eigenvalue weighted by atomic mass is 32.2. The van der Waals surface area contributed by atoms with Gasteiger partial charge in [-0.1, -0.05) is 18.7 Å². The molecule has 0 aliphatic rings. The molecule has 1 aromatic heterocycles. The zero-order valence-electron chi connectivity index (χ0n) is 9.02. The van der Waals surface area contributed by atoms with Crippen LogP contribution in [0.3, 0.4) is 0 Å². The van der Waals surface area contributed by atoms with E-state index in [-0.39, 0.29) is 11.8 Å². The first-order chi connectivity index (χ1) is 7.06. The number of carbonyl (C=O) groups is 1. The van der Waals surface area contributed by atoms with E-state index in [4.69, 9.17) is 5.84 Å². The molecule has 0 fully saturated rings. The molecule has 0 aliphatic carbocycles. The largest absolute Gasteiger partial charge is 0.309 e. The van der Waals surface area contributed by atoms with Crippen molar-refractivity contribution in [2.75, 3.05) is 5.75 Å². The van der Waals surface area contributed by atoms with E-state index in [0.29, 0.717) is 5.75 Å². The van der Waals surface area contributed by atoms with Crippen molar-refractivity contribution in [1.82, 2.24) is 20.2 Å². The highest BCUT2D eigenvalue weighted by molar-refractivity contribution is 7.99. The second kappa shape index (κ2) is 5.13. The molecule has 0 spiro atoms. The predicted molar refractivity (Wildman–Crippen MR) is 58.0 cm³/mol. The van der Waals surface area contributed by atoms with Gasteiger partial charge in [-0.25, -0.2) is 5.84 Å². The quantitative estimate of drug-likeness (QED) is 0.324. The summed E-state index contributed by atoms with van der Waals surface area (Å²) >= 11 is 1.49. The summed E-state index contributed by atoms with van der Waals surface area (Å²) in [6.45, 7) is 3.70. The Morgan fingerprint density at radius 1 is 1.67 bits per heavy atom. The van der Waals surface area contributed by atoms with E-state index in [9.17, 15) is 4.79 Å². The normalized spacial score (nSPS) is 12.5. The summed E-state index contributed by atoms with van der Waals surface area (Å²) < 4.78 is 1.89. The molecule has 3 N–H and O–H groups in total. The van der Waals surface area contributed by atoms with Gasteiger partial charge in [-0.3, -0.25) is 10.2 Å². The van der Waals surface area contributed by atoms with E-state index < -0.39 is 0 Å². The molecular formula is C8H15N5OS. The van der Waals surface area contributed by atoms with Crippen LogP contribution in [0.15, 0.2) is 5.16 Å². The van der Waals surface area contributed by atoms with Crippen molar-refractivity contribution in [2.45, 2.75) is 19.0 Å². The average molecular weight is 229 g/mol. The zero-order valence-corrected chi connectivity index (χ0v) is 9.84. The molecule has 0 aromatic carbocycles. The minimum Gasteiger partial charge on any atom is -0.309 e. The molecule has 0 saturated carbocycles. The molecule has 1 heterocycles. The SMILES string of the molecule is Cc1nnc(SCC(C)C(=O)NN)n1C. The van der Waals surface area contributed by atoms with Crippen molar-refractivity contribution in [3.8, 4) is 0 Å². The van der Waals surface area contributed by atoms with E-state index in [2.05, 4.69) is 15.6 Å². The Bertz CT molecular complexity index is 351. The maximum absolute atomic E-state index is 11.1. The molecule has 0 aliphatic heterocycles. The molecule has 1 rings (SSSR count). The monoisotopic (exact) mass is 229 g/mol. The van der Waals surface area contributed by atoms with Gasteiger partial charge in [0.1, 0.15) is 5.82 Å². The number of thioether (sulfide) groups is 1. The first-order valence-corrected chi connectivity index (χ1v) is 5.54. The molecule has 1 amide bonds. The number of rotatable bonds is 4. The van der Waals surface area contributed by atoms with Crippen LogP contribution in [0, 0.1) is 12.8 Å². The highest BCUT2D eigenvalue weighted by Gasteiger charge is 2.13. The third-order valence-electron chi connectivity index (χ3n) is 2.10. The van der Waals surface area contributed by atoms with Gasteiger partial charge in [0.05, 0.1) is 0 Å². The lowest BCUT2D eigenvalue weighted by Gasteiger charge is -2.08. The number of hydrogen-bond donors (Lipinski definition) is 2.